The summed E-state index contributed by atoms with van der Waals surface area (Å²) in [6.45, 7) is 2.21. The van der Waals surface area contributed by atoms with Gasteiger partial charge in [0, 0.05) is 10.9 Å². The van der Waals surface area contributed by atoms with Crippen LogP contribution in [0.1, 0.15) is 61.1 Å². The van der Waals surface area contributed by atoms with Crippen LogP contribution in [0, 0.1) is 5.92 Å². The van der Waals surface area contributed by atoms with E-state index in [2.05, 4.69) is 54.0 Å². The first-order chi connectivity index (χ1) is 12.2. The van der Waals surface area contributed by atoms with Gasteiger partial charge in [-0.2, -0.15) is 0 Å². The molecule has 134 valence electrons. The van der Waals surface area contributed by atoms with Crippen LogP contribution in [0.4, 0.5) is 0 Å². The minimum Gasteiger partial charge on any atom is -0.481 e. The highest BCUT2D eigenvalue weighted by Gasteiger charge is 2.28. The Kier molecular flexibility index (Phi) is 6.27. The zero-order valence-electron chi connectivity index (χ0n) is 14.8. The zero-order chi connectivity index (χ0) is 17.6. The Morgan fingerprint density at radius 3 is 2.48 bits per heavy atom. The van der Waals surface area contributed by atoms with Crippen LogP contribution < -0.4 is 5.32 Å². The normalized spacial score (nSPS) is 21.8. The third kappa shape index (κ3) is 4.71. The summed E-state index contributed by atoms with van der Waals surface area (Å²) in [5.41, 5.74) is 2.68. The van der Waals surface area contributed by atoms with E-state index in [4.69, 9.17) is 0 Å². The number of carbonyl (C=O) groups is 1. The molecule has 0 saturated heterocycles. The summed E-state index contributed by atoms with van der Waals surface area (Å²) in [6.07, 6.45) is 5.72. The number of hydrogen-bond donors (Lipinski definition) is 2. The van der Waals surface area contributed by atoms with Crippen molar-refractivity contribution in [3.63, 3.8) is 0 Å². The molecule has 1 aromatic carbocycles. The Morgan fingerprint density at radius 2 is 1.92 bits per heavy atom. The van der Waals surface area contributed by atoms with E-state index in [0.717, 1.165) is 32.1 Å². The maximum Gasteiger partial charge on any atom is 0.306 e. The Balaban J connectivity index is 1.72. The molecule has 1 atom stereocenters. The molecule has 2 aromatic rings. The first-order valence-corrected chi connectivity index (χ1v) is 10.2. The topological polar surface area (TPSA) is 49.3 Å². The number of thiophene rings is 1. The molecule has 3 rings (SSSR count). The van der Waals surface area contributed by atoms with E-state index in [1.54, 1.807) is 11.3 Å². The van der Waals surface area contributed by atoms with Gasteiger partial charge in [0.1, 0.15) is 0 Å². The fourth-order valence-corrected chi connectivity index (χ4v) is 4.52. The van der Waals surface area contributed by atoms with Gasteiger partial charge in [0.25, 0.3) is 0 Å². The van der Waals surface area contributed by atoms with Gasteiger partial charge in [0.2, 0.25) is 0 Å². The first kappa shape index (κ1) is 18.2. The highest BCUT2D eigenvalue weighted by atomic mass is 32.1. The van der Waals surface area contributed by atoms with Crippen molar-refractivity contribution >= 4 is 17.3 Å². The second-order valence-electron chi connectivity index (χ2n) is 6.99. The summed E-state index contributed by atoms with van der Waals surface area (Å²) < 4.78 is 0. The van der Waals surface area contributed by atoms with E-state index in [-0.39, 0.29) is 12.0 Å². The van der Waals surface area contributed by atoms with Crippen molar-refractivity contribution in [1.29, 1.82) is 0 Å². The summed E-state index contributed by atoms with van der Waals surface area (Å²) in [4.78, 5) is 12.5. The van der Waals surface area contributed by atoms with Crippen LogP contribution >= 0.6 is 11.3 Å². The van der Waals surface area contributed by atoms with Crippen molar-refractivity contribution in [2.45, 2.75) is 57.5 Å². The van der Waals surface area contributed by atoms with E-state index in [0.29, 0.717) is 6.04 Å². The molecular formula is C21H27NO2S. The monoisotopic (exact) mass is 357 g/mol. The van der Waals surface area contributed by atoms with Gasteiger partial charge in [-0.15, -0.1) is 11.3 Å². The Hall–Kier alpha value is -1.65. The van der Waals surface area contributed by atoms with E-state index in [9.17, 15) is 9.90 Å². The molecule has 3 nitrogen and oxygen atoms in total. The average molecular weight is 358 g/mol. The maximum absolute atomic E-state index is 11.2. The van der Waals surface area contributed by atoms with Gasteiger partial charge in [-0.25, -0.2) is 0 Å². The molecular weight excluding hydrogens is 330 g/mol. The average Bonchev–Trinajstić information content (AvgIpc) is 3.15. The van der Waals surface area contributed by atoms with Gasteiger partial charge in [0.05, 0.1) is 12.0 Å². The third-order valence-electron chi connectivity index (χ3n) is 5.16. The van der Waals surface area contributed by atoms with Crippen molar-refractivity contribution < 1.29 is 9.90 Å². The van der Waals surface area contributed by atoms with Crippen LogP contribution in [0.3, 0.4) is 0 Å². The first-order valence-electron chi connectivity index (χ1n) is 9.28. The Labute approximate surface area is 154 Å². The fraction of sp³-hybridized carbons (Fsp3) is 0.476. The van der Waals surface area contributed by atoms with Gasteiger partial charge >= 0.3 is 5.97 Å². The smallest absolute Gasteiger partial charge is 0.306 e. The molecule has 0 amide bonds. The zero-order valence-corrected chi connectivity index (χ0v) is 15.6. The van der Waals surface area contributed by atoms with Crippen LogP contribution in [0.15, 0.2) is 41.8 Å². The van der Waals surface area contributed by atoms with Crippen molar-refractivity contribution in [1.82, 2.24) is 5.32 Å². The van der Waals surface area contributed by atoms with Gasteiger partial charge in [-0.3, -0.25) is 4.79 Å². The quantitative estimate of drug-likeness (QED) is 0.731. The lowest BCUT2D eigenvalue weighted by Gasteiger charge is -2.31. The largest absolute Gasteiger partial charge is 0.481 e. The van der Waals surface area contributed by atoms with Crippen LogP contribution in [0.5, 0.6) is 0 Å². The third-order valence-corrected chi connectivity index (χ3v) is 6.10. The SMILES string of the molecule is CCCc1ccc(C(NC2CCC(C(=O)O)CC2)c2cccs2)cc1. The highest BCUT2D eigenvalue weighted by Crippen LogP contribution is 2.31. The Bertz CT molecular complexity index is 658. The second-order valence-corrected chi connectivity index (χ2v) is 7.97. The van der Waals surface area contributed by atoms with Gasteiger partial charge in [-0.1, -0.05) is 43.7 Å². The van der Waals surface area contributed by atoms with Crippen molar-refractivity contribution in [2.75, 3.05) is 0 Å². The standard InChI is InChI=1S/C21H27NO2S/c1-2-4-15-6-8-16(9-7-15)20(19-5-3-14-25-19)22-18-12-10-17(11-13-18)21(23)24/h3,5-9,14,17-18,20,22H,2,4,10-13H2,1H3,(H,23,24). The summed E-state index contributed by atoms with van der Waals surface area (Å²) in [5.74, 6) is -0.800. The maximum atomic E-state index is 11.2. The molecule has 0 bridgehead atoms. The molecule has 4 heteroatoms. The molecule has 1 fully saturated rings. The van der Waals surface area contributed by atoms with E-state index >= 15 is 0 Å². The second kappa shape index (κ2) is 8.63. The highest BCUT2D eigenvalue weighted by molar-refractivity contribution is 7.10. The number of hydrogen-bond acceptors (Lipinski definition) is 3. The van der Waals surface area contributed by atoms with E-state index in [1.807, 2.05) is 0 Å². The number of carboxylic acid groups (broad SMARTS) is 1. The number of benzene rings is 1. The van der Waals surface area contributed by atoms with Gasteiger partial charge in [0.15, 0.2) is 0 Å². The Morgan fingerprint density at radius 1 is 1.20 bits per heavy atom. The van der Waals surface area contributed by atoms with E-state index in [1.165, 1.54) is 22.4 Å². The predicted molar refractivity (Wildman–Crippen MR) is 103 cm³/mol. The minimum absolute atomic E-state index is 0.161. The molecule has 25 heavy (non-hydrogen) atoms. The minimum atomic E-state index is -0.639. The molecule has 1 heterocycles. The number of aliphatic carboxylic acids is 1. The molecule has 0 spiro atoms. The van der Waals surface area contributed by atoms with Gasteiger partial charge in [-0.05, 0) is 54.7 Å². The molecule has 1 aliphatic carbocycles. The molecule has 1 saturated carbocycles. The predicted octanol–water partition coefficient (Wildman–Crippen LogP) is 5.02. The summed E-state index contributed by atoms with van der Waals surface area (Å²) in [5, 5.41) is 15.1. The van der Waals surface area contributed by atoms with Crippen LogP contribution in [-0.4, -0.2) is 17.1 Å². The summed E-state index contributed by atoms with van der Waals surface area (Å²) in [7, 11) is 0. The van der Waals surface area contributed by atoms with Crippen LogP contribution in [0.25, 0.3) is 0 Å². The van der Waals surface area contributed by atoms with Crippen molar-refractivity contribution in [3.05, 3.63) is 57.8 Å². The molecule has 1 aliphatic rings. The summed E-state index contributed by atoms with van der Waals surface area (Å²) in [6, 6.07) is 13.8. The molecule has 0 radical (unpaired) electrons. The van der Waals surface area contributed by atoms with Crippen molar-refractivity contribution in [2.24, 2.45) is 5.92 Å². The summed E-state index contributed by atoms with van der Waals surface area (Å²) >= 11 is 1.78. The lowest BCUT2D eigenvalue weighted by Crippen LogP contribution is -2.37. The molecule has 2 N–H and O–H groups in total. The van der Waals surface area contributed by atoms with Crippen molar-refractivity contribution in [3.8, 4) is 0 Å². The number of rotatable bonds is 7. The number of aryl methyl sites for hydroxylation is 1. The van der Waals surface area contributed by atoms with Crippen LogP contribution in [0.2, 0.25) is 0 Å². The fourth-order valence-electron chi connectivity index (χ4n) is 3.71. The number of carboxylic acids is 1. The molecule has 1 aromatic heterocycles. The lowest BCUT2D eigenvalue weighted by molar-refractivity contribution is -0.142. The number of nitrogens with one attached hydrogen (secondary N) is 1. The molecule has 0 aliphatic heterocycles. The molecule has 1 unspecified atom stereocenters. The lowest BCUT2D eigenvalue weighted by atomic mass is 9.85. The van der Waals surface area contributed by atoms with E-state index < -0.39 is 5.97 Å². The van der Waals surface area contributed by atoms with Crippen LogP contribution in [-0.2, 0) is 11.2 Å². The van der Waals surface area contributed by atoms with Gasteiger partial charge < -0.3 is 10.4 Å².